The van der Waals surface area contributed by atoms with Gasteiger partial charge in [-0.25, -0.2) is 9.78 Å². The lowest BCUT2D eigenvalue weighted by atomic mass is 10.1. The summed E-state index contributed by atoms with van der Waals surface area (Å²) in [5, 5.41) is 13.6. The number of hydrogen-bond donors (Lipinski definition) is 2. The van der Waals surface area contributed by atoms with Gasteiger partial charge in [-0.3, -0.25) is 4.98 Å². The first-order valence-electron chi connectivity index (χ1n) is 8.18. The van der Waals surface area contributed by atoms with Gasteiger partial charge in [-0.2, -0.15) is 10.2 Å². The average molecular weight is 404 g/mol. The maximum absolute atomic E-state index is 12.4. The molecule has 2 amide bonds. The van der Waals surface area contributed by atoms with E-state index in [-0.39, 0.29) is 11.1 Å². The van der Waals surface area contributed by atoms with Crippen LogP contribution in [-0.4, -0.2) is 45.2 Å². The van der Waals surface area contributed by atoms with Crippen LogP contribution in [0.2, 0.25) is 5.02 Å². The van der Waals surface area contributed by atoms with E-state index in [0.29, 0.717) is 28.5 Å². The second-order valence-electron chi connectivity index (χ2n) is 5.61. The summed E-state index contributed by atoms with van der Waals surface area (Å²) in [7, 11) is 3.09. The van der Waals surface area contributed by atoms with Crippen molar-refractivity contribution in [1.82, 2.24) is 25.0 Å². The average Bonchev–Trinajstić information content (AvgIpc) is 3.21. The van der Waals surface area contributed by atoms with E-state index in [4.69, 9.17) is 21.1 Å². The third-order valence-electron chi connectivity index (χ3n) is 3.87. The first-order chi connectivity index (χ1) is 13.5. The third-order valence-corrected chi connectivity index (χ3v) is 4.15. The lowest BCUT2D eigenvalue weighted by molar-refractivity contribution is 0.117. The smallest absolute Gasteiger partial charge is 0.323 e. The molecule has 1 atom stereocenters. The van der Waals surface area contributed by atoms with Crippen LogP contribution in [0.15, 0.2) is 37.1 Å². The van der Waals surface area contributed by atoms with E-state index in [1.165, 1.54) is 36.7 Å². The molecule has 0 aliphatic rings. The van der Waals surface area contributed by atoms with Gasteiger partial charge < -0.3 is 20.1 Å². The number of aromatic nitrogens is 5. The van der Waals surface area contributed by atoms with Crippen molar-refractivity contribution in [1.29, 1.82) is 0 Å². The molecule has 3 rings (SSSR count). The van der Waals surface area contributed by atoms with E-state index in [1.807, 2.05) is 6.92 Å². The van der Waals surface area contributed by atoms with Gasteiger partial charge in [0, 0.05) is 12.7 Å². The molecule has 28 heavy (non-hydrogen) atoms. The summed E-state index contributed by atoms with van der Waals surface area (Å²) >= 11 is 6.21. The molecule has 3 heterocycles. The Hall–Kier alpha value is -3.24. The van der Waals surface area contributed by atoms with Gasteiger partial charge in [-0.1, -0.05) is 11.6 Å². The summed E-state index contributed by atoms with van der Waals surface area (Å²) in [6.45, 7) is 1.84. The van der Waals surface area contributed by atoms with Gasteiger partial charge in [0.15, 0.2) is 5.82 Å². The first kappa shape index (κ1) is 19.5. The van der Waals surface area contributed by atoms with Gasteiger partial charge in [-0.15, -0.1) is 4.80 Å². The Balaban J connectivity index is 1.77. The van der Waals surface area contributed by atoms with Crippen molar-refractivity contribution in [2.75, 3.05) is 24.9 Å². The van der Waals surface area contributed by atoms with Crippen molar-refractivity contribution >= 4 is 29.0 Å². The van der Waals surface area contributed by atoms with Gasteiger partial charge in [0.1, 0.15) is 5.75 Å². The van der Waals surface area contributed by atoms with E-state index >= 15 is 0 Å². The molecular weight excluding hydrogens is 386 g/mol. The Morgan fingerprint density at radius 2 is 1.93 bits per heavy atom. The number of pyridine rings is 2. The molecule has 146 valence electrons. The highest BCUT2D eigenvalue weighted by atomic mass is 35.5. The Bertz CT molecular complexity index is 965. The fourth-order valence-corrected chi connectivity index (χ4v) is 2.75. The fraction of sp³-hybridized carbons (Fsp3) is 0.235. The standard InChI is InChI=1S/C17H18ClN7O3/c1-10(27-2)15-13(8-19-9-14(15)28-3)24-17(26)23-11-6-12(18)16(20-7-11)25-21-4-5-22-25/h4-10H,1-3H3,(H2,23,24,26). The number of halogens is 1. The molecule has 0 aromatic carbocycles. The van der Waals surface area contributed by atoms with Crippen molar-refractivity contribution in [2.24, 2.45) is 0 Å². The van der Waals surface area contributed by atoms with E-state index < -0.39 is 6.03 Å². The van der Waals surface area contributed by atoms with Crippen molar-refractivity contribution in [3.8, 4) is 11.6 Å². The maximum atomic E-state index is 12.4. The summed E-state index contributed by atoms with van der Waals surface area (Å²) in [5.74, 6) is 0.860. The van der Waals surface area contributed by atoms with Gasteiger partial charge >= 0.3 is 6.03 Å². The van der Waals surface area contributed by atoms with Crippen LogP contribution in [0.4, 0.5) is 16.2 Å². The van der Waals surface area contributed by atoms with E-state index in [2.05, 4.69) is 30.8 Å². The highest BCUT2D eigenvalue weighted by molar-refractivity contribution is 6.32. The first-order valence-corrected chi connectivity index (χ1v) is 8.56. The summed E-state index contributed by atoms with van der Waals surface area (Å²) in [6, 6.07) is 1.05. The fourth-order valence-electron chi connectivity index (χ4n) is 2.51. The number of hydrogen-bond acceptors (Lipinski definition) is 7. The van der Waals surface area contributed by atoms with Crippen LogP contribution < -0.4 is 15.4 Å². The number of nitrogens with one attached hydrogen (secondary N) is 2. The van der Waals surface area contributed by atoms with Crippen molar-refractivity contribution in [3.63, 3.8) is 0 Å². The maximum Gasteiger partial charge on any atom is 0.323 e. The minimum absolute atomic E-state index is 0.283. The molecule has 11 heteroatoms. The van der Waals surface area contributed by atoms with Gasteiger partial charge in [0.05, 0.1) is 60.6 Å². The normalized spacial score (nSPS) is 11.7. The largest absolute Gasteiger partial charge is 0.495 e. The molecular formula is C17H18ClN7O3. The SMILES string of the molecule is COc1cncc(NC(=O)Nc2cnc(-n3nccn3)c(Cl)c2)c1C(C)OC. The quantitative estimate of drug-likeness (QED) is 0.649. The number of carbonyl (C=O) groups is 1. The lowest BCUT2D eigenvalue weighted by Gasteiger charge is -2.18. The second kappa shape index (κ2) is 8.63. The zero-order chi connectivity index (χ0) is 20.1. The number of nitrogens with zero attached hydrogens (tertiary/aromatic N) is 5. The van der Waals surface area contributed by atoms with E-state index in [0.717, 1.165) is 0 Å². The van der Waals surface area contributed by atoms with Crippen LogP contribution in [0.25, 0.3) is 5.82 Å². The topological polar surface area (TPSA) is 116 Å². The molecule has 2 N–H and O–H groups in total. The summed E-state index contributed by atoms with van der Waals surface area (Å²) in [4.78, 5) is 22.0. The highest BCUT2D eigenvalue weighted by Crippen LogP contribution is 2.33. The predicted molar refractivity (Wildman–Crippen MR) is 103 cm³/mol. The van der Waals surface area contributed by atoms with Crippen LogP contribution in [-0.2, 0) is 4.74 Å². The minimum atomic E-state index is -0.498. The number of amides is 2. The van der Waals surface area contributed by atoms with Crippen LogP contribution in [0, 0.1) is 0 Å². The van der Waals surface area contributed by atoms with Gasteiger partial charge in [0.2, 0.25) is 0 Å². The second-order valence-corrected chi connectivity index (χ2v) is 6.02. The Morgan fingerprint density at radius 1 is 1.18 bits per heavy atom. The molecule has 0 bridgehead atoms. The molecule has 0 fully saturated rings. The molecule has 3 aromatic rings. The highest BCUT2D eigenvalue weighted by Gasteiger charge is 2.18. The molecule has 1 unspecified atom stereocenters. The third kappa shape index (κ3) is 4.18. The van der Waals surface area contributed by atoms with Gasteiger partial charge in [0.25, 0.3) is 0 Å². The Labute approximate surface area is 165 Å². The minimum Gasteiger partial charge on any atom is -0.495 e. The van der Waals surface area contributed by atoms with Crippen LogP contribution >= 0.6 is 11.6 Å². The number of anilines is 2. The van der Waals surface area contributed by atoms with Gasteiger partial charge in [-0.05, 0) is 13.0 Å². The Kier molecular flexibility index (Phi) is 6.02. The molecule has 0 saturated carbocycles. The molecule has 10 nitrogen and oxygen atoms in total. The summed E-state index contributed by atoms with van der Waals surface area (Å²) in [5.41, 5.74) is 1.53. The van der Waals surface area contributed by atoms with Crippen molar-refractivity contribution in [3.05, 3.63) is 47.6 Å². The summed E-state index contributed by atoms with van der Waals surface area (Å²) in [6.07, 6.45) is 7.23. The Morgan fingerprint density at radius 3 is 2.57 bits per heavy atom. The van der Waals surface area contributed by atoms with Crippen LogP contribution in [0.1, 0.15) is 18.6 Å². The number of ether oxygens (including phenoxy) is 2. The number of rotatable bonds is 6. The number of methoxy groups -OCH3 is 2. The summed E-state index contributed by atoms with van der Waals surface area (Å²) < 4.78 is 10.7. The molecule has 3 aromatic heterocycles. The van der Waals surface area contributed by atoms with E-state index in [9.17, 15) is 4.79 Å². The molecule has 0 saturated heterocycles. The monoisotopic (exact) mass is 403 g/mol. The molecule has 0 radical (unpaired) electrons. The van der Waals surface area contributed by atoms with Crippen molar-refractivity contribution in [2.45, 2.75) is 13.0 Å². The van der Waals surface area contributed by atoms with E-state index in [1.54, 1.807) is 19.4 Å². The van der Waals surface area contributed by atoms with Crippen LogP contribution in [0.3, 0.4) is 0 Å². The number of carbonyl (C=O) groups excluding carboxylic acids is 1. The molecule has 0 spiro atoms. The number of urea groups is 1. The lowest BCUT2D eigenvalue weighted by Crippen LogP contribution is -2.21. The molecule has 0 aliphatic carbocycles. The van der Waals surface area contributed by atoms with Crippen LogP contribution in [0.5, 0.6) is 5.75 Å². The predicted octanol–water partition coefficient (Wildman–Crippen LogP) is 3.07. The molecule has 0 aliphatic heterocycles. The van der Waals surface area contributed by atoms with Crippen molar-refractivity contribution < 1.29 is 14.3 Å². The zero-order valence-electron chi connectivity index (χ0n) is 15.4. The zero-order valence-corrected chi connectivity index (χ0v) is 16.1.